The molecule has 0 bridgehead atoms. The molecule has 0 radical (unpaired) electrons. The third kappa shape index (κ3) is 2.67. The quantitative estimate of drug-likeness (QED) is 0.595. The van der Waals surface area contributed by atoms with E-state index in [0.717, 1.165) is 0 Å². The largest absolute Gasteiger partial charge is 0.258 e. The van der Waals surface area contributed by atoms with Crippen LogP contribution >= 0.6 is 0 Å². The molecule has 0 aromatic heterocycles. The summed E-state index contributed by atoms with van der Waals surface area (Å²) in [6.07, 6.45) is 7.00. The highest BCUT2D eigenvalue weighted by Gasteiger charge is 2.04. The maximum absolute atomic E-state index is 3.20. The Morgan fingerprint density at radius 2 is 1.40 bits per heavy atom. The summed E-state index contributed by atoms with van der Waals surface area (Å²) in [6, 6.07) is 0. The summed E-state index contributed by atoms with van der Waals surface area (Å²) >= 11 is 0. The molecule has 2 heteroatoms. The molecule has 2 nitrogen and oxygen atoms in total. The second-order valence-electron chi connectivity index (χ2n) is 2.98. The summed E-state index contributed by atoms with van der Waals surface area (Å²) in [5, 5.41) is 2.32. The van der Waals surface area contributed by atoms with E-state index in [1.807, 2.05) is 7.05 Å². The van der Waals surface area contributed by atoms with Crippen molar-refractivity contribution in [3.63, 3.8) is 0 Å². The lowest BCUT2D eigenvalue weighted by Crippen LogP contribution is -2.37. The highest BCUT2D eigenvalue weighted by molar-refractivity contribution is 4.56. The molecule has 0 spiro atoms. The molecule has 60 valence electrons. The van der Waals surface area contributed by atoms with Gasteiger partial charge in [0.1, 0.15) is 0 Å². The molecular weight excluding hydrogens is 124 g/mol. The van der Waals surface area contributed by atoms with Gasteiger partial charge < -0.3 is 0 Å². The van der Waals surface area contributed by atoms with Crippen molar-refractivity contribution in [3.05, 3.63) is 0 Å². The smallest absolute Gasteiger partial charge is 0.0130 e. The molecule has 1 aliphatic rings. The fourth-order valence-corrected chi connectivity index (χ4v) is 1.47. The average Bonchev–Trinajstić information content (AvgIpc) is 1.87. The van der Waals surface area contributed by atoms with E-state index in [4.69, 9.17) is 0 Å². The van der Waals surface area contributed by atoms with Gasteiger partial charge in [-0.3, -0.25) is 5.43 Å². The van der Waals surface area contributed by atoms with Crippen LogP contribution in [0.1, 0.15) is 32.1 Å². The van der Waals surface area contributed by atoms with E-state index < -0.39 is 0 Å². The third-order valence-corrected chi connectivity index (χ3v) is 2.17. The lowest BCUT2D eigenvalue weighted by Gasteiger charge is -2.22. The van der Waals surface area contributed by atoms with Gasteiger partial charge in [0, 0.05) is 13.1 Å². The van der Waals surface area contributed by atoms with Crippen molar-refractivity contribution in [2.24, 2.45) is 0 Å². The van der Waals surface area contributed by atoms with Crippen LogP contribution in [0.3, 0.4) is 0 Å². The second-order valence-corrected chi connectivity index (χ2v) is 2.98. The fraction of sp³-hybridized carbons (Fsp3) is 1.00. The summed E-state index contributed by atoms with van der Waals surface area (Å²) in [6.45, 7) is 2.47. The maximum Gasteiger partial charge on any atom is 0.0130 e. The Bertz CT molecular complexity index is 75.3. The number of nitrogens with one attached hydrogen (secondary N) is 1. The Kier molecular flexibility index (Phi) is 3.76. The molecule has 0 aromatic rings. The number of nitrogens with zero attached hydrogens (tertiary/aromatic N) is 1. The van der Waals surface area contributed by atoms with E-state index in [9.17, 15) is 0 Å². The van der Waals surface area contributed by atoms with Crippen LogP contribution < -0.4 is 5.43 Å². The normalized spacial score (nSPS) is 23.7. The molecule has 0 amide bonds. The lowest BCUT2D eigenvalue weighted by atomic mass is 10.1. The minimum Gasteiger partial charge on any atom is -0.258 e. The van der Waals surface area contributed by atoms with Gasteiger partial charge >= 0.3 is 0 Å². The number of rotatable bonds is 1. The van der Waals surface area contributed by atoms with Crippen LogP contribution in [0.2, 0.25) is 0 Å². The Hall–Kier alpha value is -0.0800. The van der Waals surface area contributed by atoms with Gasteiger partial charge in [0.05, 0.1) is 0 Å². The second kappa shape index (κ2) is 4.69. The van der Waals surface area contributed by atoms with Crippen molar-refractivity contribution in [1.82, 2.24) is 10.4 Å². The third-order valence-electron chi connectivity index (χ3n) is 2.17. The van der Waals surface area contributed by atoms with E-state index >= 15 is 0 Å². The van der Waals surface area contributed by atoms with Crippen molar-refractivity contribution in [2.75, 3.05) is 20.1 Å². The first-order valence-electron chi connectivity index (χ1n) is 4.36. The van der Waals surface area contributed by atoms with Crippen LogP contribution in [0.25, 0.3) is 0 Å². The average molecular weight is 142 g/mol. The Labute approximate surface area is 63.6 Å². The maximum atomic E-state index is 3.20. The van der Waals surface area contributed by atoms with Crippen molar-refractivity contribution >= 4 is 0 Å². The molecule has 1 fully saturated rings. The zero-order valence-corrected chi connectivity index (χ0v) is 6.90. The highest BCUT2D eigenvalue weighted by atomic mass is 15.5. The number of hydrazine groups is 1. The van der Waals surface area contributed by atoms with E-state index in [0.29, 0.717) is 0 Å². The fourth-order valence-electron chi connectivity index (χ4n) is 1.47. The first-order chi connectivity index (χ1) is 4.93. The van der Waals surface area contributed by atoms with Crippen molar-refractivity contribution in [3.8, 4) is 0 Å². The van der Waals surface area contributed by atoms with Gasteiger partial charge in [-0.25, -0.2) is 5.01 Å². The molecule has 0 aromatic carbocycles. The summed E-state index contributed by atoms with van der Waals surface area (Å²) in [4.78, 5) is 0. The van der Waals surface area contributed by atoms with E-state index in [1.165, 1.54) is 45.2 Å². The minimum absolute atomic E-state index is 1.23. The van der Waals surface area contributed by atoms with E-state index in [-0.39, 0.29) is 0 Å². The topological polar surface area (TPSA) is 15.3 Å². The Morgan fingerprint density at radius 3 is 1.90 bits per heavy atom. The van der Waals surface area contributed by atoms with Crippen LogP contribution in [-0.4, -0.2) is 25.1 Å². The SMILES string of the molecule is CNN1CCCCCCC1. The van der Waals surface area contributed by atoms with Crippen molar-refractivity contribution < 1.29 is 0 Å². The zero-order valence-electron chi connectivity index (χ0n) is 6.90. The zero-order chi connectivity index (χ0) is 7.23. The summed E-state index contributed by atoms with van der Waals surface area (Å²) < 4.78 is 0. The Balaban J connectivity index is 2.16. The summed E-state index contributed by atoms with van der Waals surface area (Å²) in [5.41, 5.74) is 3.20. The first-order valence-corrected chi connectivity index (χ1v) is 4.36. The summed E-state index contributed by atoms with van der Waals surface area (Å²) in [5.74, 6) is 0. The minimum atomic E-state index is 1.23. The molecule has 0 aliphatic carbocycles. The first kappa shape index (κ1) is 8.02. The van der Waals surface area contributed by atoms with Crippen molar-refractivity contribution in [1.29, 1.82) is 0 Å². The molecule has 1 heterocycles. The predicted molar refractivity (Wildman–Crippen MR) is 43.7 cm³/mol. The monoisotopic (exact) mass is 142 g/mol. The number of hydrogen-bond donors (Lipinski definition) is 1. The van der Waals surface area contributed by atoms with Gasteiger partial charge in [0.25, 0.3) is 0 Å². The van der Waals surface area contributed by atoms with Gasteiger partial charge in [-0.2, -0.15) is 0 Å². The molecule has 0 unspecified atom stereocenters. The molecule has 1 aliphatic heterocycles. The molecule has 0 saturated carbocycles. The Morgan fingerprint density at radius 1 is 0.900 bits per heavy atom. The van der Waals surface area contributed by atoms with Gasteiger partial charge in [-0.15, -0.1) is 0 Å². The van der Waals surface area contributed by atoms with Gasteiger partial charge in [-0.1, -0.05) is 19.3 Å². The van der Waals surface area contributed by atoms with Gasteiger partial charge in [0.2, 0.25) is 0 Å². The molecule has 1 N–H and O–H groups in total. The molecule has 1 saturated heterocycles. The van der Waals surface area contributed by atoms with Gasteiger partial charge in [0.15, 0.2) is 0 Å². The van der Waals surface area contributed by atoms with E-state index in [2.05, 4.69) is 10.4 Å². The highest BCUT2D eigenvalue weighted by Crippen LogP contribution is 2.08. The van der Waals surface area contributed by atoms with Gasteiger partial charge in [-0.05, 0) is 19.9 Å². The van der Waals surface area contributed by atoms with Crippen LogP contribution in [-0.2, 0) is 0 Å². The molecule has 0 atom stereocenters. The van der Waals surface area contributed by atoms with Crippen LogP contribution in [0.4, 0.5) is 0 Å². The van der Waals surface area contributed by atoms with Crippen molar-refractivity contribution in [2.45, 2.75) is 32.1 Å². The number of hydrogen-bond acceptors (Lipinski definition) is 2. The van der Waals surface area contributed by atoms with Crippen LogP contribution in [0.15, 0.2) is 0 Å². The molecule has 1 rings (SSSR count). The predicted octanol–water partition coefficient (Wildman–Crippen LogP) is 1.39. The van der Waals surface area contributed by atoms with Crippen LogP contribution in [0.5, 0.6) is 0 Å². The van der Waals surface area contributed by atoms with E-state index in [1.54, 1.807) is 0 Å². The molecular formula is C8H18N2. The standard InChI is InChI=1S/C8H18N2/c1-9-10-7-5-3-2-4-6-8-10/h9H,2-8H2,1H3. The lowest BCUT2D eigenvalue weighted by molar-refractivity contribution is 0.188. The molecule has 10 heavy (non-hydrogen) atoms. The summed E-state index contributed by atoms with van der Waals surface area (Å²) in [7, 11) is 2.02. The van der Waals surface area contributed by atoms with Crippen LogP contribution in [0, 0.1) is 0 Å².